The minimum atomic E-state index is 0.591. The summed E-state index contributed by atoms with van der Waals surface area (Å²) in [6, 6.07) is 57.9. The normalized spacial score (nSPS) is 10.9. The molecule has 0 aliphatic rings. The molecule has 0 fully saturated rings. The first kappa shape index (κ1) is 29.6. The van der Waals surface area contributed by atoms with Crippen LogP contribution < -0.4 is 4.74 Å². The van der Waals surface area contributed by atoms with Crippen molar-refractivity contribution in [2.75, 3.05) is 0 Å². The molecule has 0 radical (unpaired) electrons. The van der Waals surface area contributed by atoms with Gasteiger partial charge in [-0.15, -0.1) is 0 Å². The number of ether oxygens (including phenoxy) is 1. The molecule has 0 unspecified atom stereocenters. The van der Waals surface area contributed by atoms with Crippen LogP contribution in [0.4, 0.5) is 0 Å². The van der Waals surface area contributed by atoms with Crippen LogP contribution in [0.5, 0.6) is 11.5 Å². The molecule has 0 amide bonds. The lowest BCUT2D eigenvalue weighted by Crippen LogP contribution is -2.00. The van der Waals surface area contributed by atoms with Crippen molar-refractivity contribution < 1.29 is 4.74 Å². The van der Waals surface area contributed by atoms with Crippen molar-refractivity contribution in [2.45, 2.75) is 0 Å². The highest BCUT2D eigenvalue weighted by Gasteiger charge is 2.14. The number of aromatic nitrogens is 5. The van der Waals surface area contributed by atoms with Gasteiger partial charge in [0.1, 0.15) is 11.5 Å². The zero-order valence-electron chi connectivity index (χ0n) is 26.4. The molecule has 0 atom stereocenters. The second-order valence-corrected chi connectivity index (χ2v) is 11.4. The molecule has 0 bridgehead atoms. The van der Waals surface area contributed by atoms with Crippen LogP contribution in [0.15, 0.2) is 176 Å². The van der Waals surface area contributed by atoms with Crippen molar-refractivity contribution in [3.8, 4) is 79.6 Å². The molecule has 8 rings (SSSR count). The molecule has 0 spiro atoms. The van der Waals surface area contributed by atoms with Gasteiger partial charge in [0.15, 0.2) is 23.3 Å². The maximum absolute atomic E-state index is 6.35. The number of nitrogens with zero attached hydrogens (tertiary/aromatic N) is 5. The monoisotopic (exact) mass is 631 g/mol. The van der Waals surface area contributed by atoms with Gasteiger partial charge >= 0.3 is 0 Å². The highest BCUT2D eigenvalue weighted by molar-refractivity contribution is 5.72. The zero-order valence-corrected chi connectivity index (χ0v) is 26.4. The summed E-state index contributed by atoms with van der Waals surface area (Å²) in [6.45, 7) is 0. The lowest BCUT2D eigenvalue weighted by Gasteiger charge is -2.11. The lowest BCUT2D eigenvalue weighted by atomic mass is 10.1. The molecule has 2 aromatic heterocycles. The Morgan fingerprint density at radius 2 is 0.653 bits per heavy atom. The van der Waals surface area contributed by atoms with E-state index < -0.39 is 0 Å². The Morgan fingerprint density at radius 3 is 1.14 bits per heavy atom. The summed E-state index contributed by atoms with van der Waals surface area (Å²) >= 11 is 0. The fourth-order valence-corrected chi connectivity index (χ4v) is 5.53. The Hall–Kier alpha value is -6.79. The summed E-state index contributed by atoms with van der Waals surface area (Å²) in [7, 11) is 0. The van der Waals surface area contributed by atoms with Gasteiger partial charge in [-0.3, -0.25) is 0 Å². The van der Waals surface area contributed by atoms with Gasteiger partial charge in [-0.05, 0) is 42.5 Å². The van der Waals surface area contributed by atoms with Crippen molar-refractivity contribution >= 4 is 0 Å². The Kier molecular flexibility index (Phi) is 8.17. The Labute approximate surface area is 284 Å². The maximum atomic E-state index is 6.35. The highest BCUT2D eigenvalue weighted by Crippen LogP contribution is 2.32. The third-order valence-corrected chi connectivity index (χ3v) is 8.01. The smallest absolute Gasteiger partial charge is 0.164 e. The van der Waals surface area contributed by atoms with E-state index in [1.54, 1.807) is 0 Å². The molecule has 0 saturated carbocycles. The van der Waals surface area contributed by atoms with Crippen molar-refractivity contribution in [2.24, 2.45) is 0 Å². The number of hydrogen-bond acceptors (Lipinski definition) is 6. The van der Waals surface area contributed by atoms with E-state index in [9.17, 15) is 0 Å². The number of rotatable bonds is 8. The fraction of sp³-hybridized carbons (Fsp3) is 0. The summed E-state index contributed by atoms with van der Waals surface area (Å²) in [4.78, 5) is 24.4. The number of benzene rings is 6. The minimum Gasteiger partial charge on any atom is -0.457 e. The molecular formula is C43H29N5O. The van der Waals surface area contributed by atoms with E-state index in [1.165, 1.54) is 0 Å². The molecule has 0 aliphatic heterocycles. The van der Waals surface area contributed by atoms with Gasteiger partial charge in [0.05, 0.1) is 11.4 Å². The SMILES string of the molecule is c1ccc(-c2cc(-c3cccc(Oc4ccc(-c5nc(-c6ccccc6)nc(-c6ccccc6)n5)cc4)c3)nc(-c3ccccc3)n2)cc1. The first-order valence-corrected chi connectivity index (χ1v) is 16.0. The second kappa shape index (κ2) is 13.5. The van der Waals surface area contributed by atoms with Crippen LogP contribution in [-0.4, -0.2) is 24.9 Å². The molecule has 232 valence electrons. The molecule has 0 saturated heterocycles. The van der Waals surface area contributed by atoms with E-state index in [2.05, 4.69) is 12.1 Å². The predicted octanol–water partition coefficient (Wildman–Crippen LogP) is 10.5. The summed E-state index contributed by atoms with van der Waals surface area (Å²) in [5, 5.41) is 0. The summed E-state index contributed by atoms with van der Waals surface area (Å²) in [5.41, 5.74) is 7.30. The summed E-state index contributed by atoms with van der Waals surface area (Å²) in [5.74, 6) is 3.90. The van der Waals surface area contributed by atoms with Crippen LogP contribution in [0.3, 0.4) is 0 Å². The van der Waals surface area contributed by atoms with E-state index >= 15 is 0 Å². The Bertz CT molecular complexity index is 2220. The van der Waals surface area contributed by atoms with Crippen LogP contribution in [0, 0.1) is 0 Å². The average Bonchev–Trinajstić information content (AvgIpc) is 3.19. The molecule has 6 nitrogen and oxygen atoms in total. The van der Waals surface area contributed by atoms with E-state index in [0.29, 0.717) is 34.8 Å². The van der Waals surface area contributed by atoms with E-state index in [0.717, 1.165) is 44.8 Å². The first-order chi connectivity index (χ1) is 24.2. The highest BCUT2D eigenvalue weighted by atomic mass is 16.5. The standard InChI is InChI=1S/C43H29N5O/c1-5-14-30(15-6-1)38-29-39(45-40(44-38)31-16-7-2-8-17-31)35-22-13-23-37(28-35)49-36-26-24-34(25-27-36)43-47-41(32-18-9-3-10-19-32)46-42(48-43)33-20-11-4-12-21-33/h1-29H. The van der Waals surface area contributed by atoms with E-state index in [1.807, 2.05) is 164 Å². The molecule has 49 heavy (non-hydrogen) atoms. The van der Waals surface area contributed by atoms with Gasteiger partial charge in [0.2, 0.25) is 0 Å². The average molecular weight is 632 g/mol. The topological polar surface area (TPSA) is 73.7 Å². The largest absolute Gasteiger partial charge is 0.457 e. The van der Waals surface area contributed by atoms with Crippen molar-refractivity contribution in [1.82, 2.24) is 24.9 Å². The molecule has 0 N–H and O–H groups in total. The Morgan fingerprint density at radius 1 is 0.265 bits per heavy atom. The van der Waals surface area contributed by atoms with Gasteiger partial charge in [-0.25, -0.2) is 24.9 Å². The third kappa shape index (κ3) is 6.70. The predicted molar refractivity (Wildman–Crippen MR) is 195 cm³/mol. The van der Waals surface area contributed by atoms with Crippen molar-refractivity contribution in [3.05, 3.63) is 176 Å². The van der Waals surface area contributed by atoms with Gasteiger partial charge in [-0.1, -0.05) is 133 Å². The quantitative estimate of drug-likeness (QED) is 0.166. The van der Waals surface area contributed by atoms with Gasteiger partial charge in [-0.2, -0.15) is 0 Å². The third-order valence-electron chi connectivity index (χ3n) is 8.01. The van der Waals surface area contributed by atoms with Crippen LogP contribution in [0.1, 0.15) is 0 Å². The van der Waals surface area contributed by atoms with Crippen LogP contribution >= 0.6 is 0 Å². The Balaban J connectivity index is 1.10. The first-order valence-electron chi connectivity index (χ1n) is 16.0. The molecule has 8 aromatic rings. The zero-order chi connectivity index (χ0) is 32.8. The fourth-order valence-electron chi connectivity index (χ4n) is 5.53. The molecule has 6 heteroatoms. The van der Waals surface area contributed by atoms with Gasteiger partial charge in [0, 0.05) is 33.4 Å². The minimum absolute atomic E-state index is 0.591. The molecule has 6 aromatic carbocycles. The molecular weight excluding hydrogens is 603 g/mol. The van der Waals surface area contributed by atoms with Crippen molar-refractivity contribution in [3.63, 3.8) is 0 Å². The van der Waals surface area contributed by atoms with Gasteiger partial charge in [0.25, 0.3) is 0 Å². The van der Waals surface area contributed by atoms with E-state index in [4.69, 9.17) is 29.7 Å². The van der Waals surface area contributed by atoms with E-state index in [-0.39, 0.29) is 0 Å². The summed E-state index contributed by atoms with van der Waals surface area (Å²) in [6.07, 6.45) is 0. The van der Waals surface area contributed by atoms with Crippen LogP contribution in [-0.2, 0) is 0 Å². The number of hydrogen-bond donors (Lipinski definition) is 0. The van der Waals surface area contributed by atoms with Crippen molar-refractivity contribution in [1.29, 1.82) is 0 Å². The lowest BCUT2D eigenvalue weighted by molar-refractivity contribution is 0.483. The van der Waals surface area contributed by atoms with Crippen LogP contribution in [0.2, 0.25) is 0 Å². The summed E-state index contributed by atoms with van der Waals surface area (Å²) < 4.78 is 6.35. The molecule has 0 aliphatic carbocycles. The van der Waals surface area contributed by atoms with Crippen LogP contribution in [0.25, 0.3) is 68.1 Å². The van der Waals surface area contributed by atoms with Gasteiger partial charge < -0.3 is 4.74 Å². The maximum Gasteiger partial charge on any atom is 0.164 e. The second-order valence-electron chi connectivity index (χ2n) is 11.4. The molecule has 2 heterocycles.